The molecule has 0 aliphatic rings. The van der Waals surface area contributed by atoms with E-state index in [2.05, 4.69) is 4.72 Å². The molecule has 0 unspecified atom stereocenters. The third kappa shape index (κ3) is 4.66. The van der Waals surface area contributed by atoms with Gasteiger partial charge in [0.1, 0.15) is 0 Å². The highest BCUT2D eigenvalue weighted by atomic mass is 32.2. The molecule has 0 saturated heterocycles. The van der Waals surface area contributed by atoms with E-state index in [1.165, 1.54) is 12.1 Å². The quantitative estimate of drug-likeness (QED) is 0.901. The molecule has 0 bridgehead atoms. The highest BCUT2D eigenvalue weighted by molar-refractivity contribution is 7.89. The maximum Gasteiger partial charge on any atom is 0.416 e. The molecule has 0 aromatic heterocycles. The number of nitrogens with one attached hydrogen (secondary N) is 1. The number of alkyl halides is 3. The maximum atomic E-state index is 12.4. The van der Waals surface area contributed by atoms with Gasteiger partial charge < -0.3 is 0 Å². The van der Waals surface area contributed by atoms with Crippen LogP contribution in [0.25, 0.3) is 0 Å². The standard InChI is InChI=1S/C11H14F3NO2S/c1-2-6-18(16,17)15-8-9-4-3-5-10(7-9)11(12,13)14/h3-5,7,15H,2,6,8H2,1H3. The summed E-state index contributed by atoms with van der Waals surface area (Å²) < 4.78 is 62.2. The lowest BCUT2D eigenvalue weighted by Gasteiger charge is -2.09. The van der Waals surface area contributed by atoms with Crippen molar-refractivity contribution in [1.29, 1.82) is 0 Å². The van der Waals surface area contributed by atoms with E-state index >= 15 is 0 Å². The van der Waals surface area contributed by atoms with Gasteiger partial charge in [0.2, 0.25) is 10.0 Å². The van der Waals surface area contributed by atoms with Gasteiger partial charge in [0.15, 0.2) is 0 Å². The fraction of sp³-hybridized carbons (Fsp3) is 0.455. The molecule has 1 aromatic rings. The molecule has 0 spiro atoms. The Morgan fingerprint density at radius 2 is 1.94 bits per heavy atom. The Morgan fingerprint density at radius 3 is 2.50 bits per heavy atom. The highest BCUT2D eigenvalue weighted by Crippen LogP contribution is 2.29. The van der Waals surface area contributed by atoms with Crippen LogP contribution in [0.4, 0.5) is 13.2 Å². The van der Waals surface area contributed by atoms with Gasteiger partial charge in [0, 0.05) is 6.54 Å². The van der Waals surface area contributed by atoms with Gasteiger partial charge in [-0.2, -0.15) is 13.2 Å². The average molecular weight is 281 g/mol. The summed E-state index contributed by atoms with van der Waals surface area (Å²) in [5.74, 6) is -0.0358. The SMILES string of the molecule is CCCS(=O)(=O)NCc1cccc(C(F)(F)F)c1. The normalized spacial score (nSPS) is 12.7. The fourth-order valence-corrected chi connectivity index (χ4v) is 2.46. The van der Waals surface area contributed by atoms with Crippen molar-refractivity contribution in [3.05, 3.63) is 35.4 Å². The summed E-state index contributed by atoms with van der Waals surface area (Å²) in [5.41, 5.74) is -0.501. The zero-order chi connectivity index (χ0) is 13.8. The first-order valence-electron chi connectivity index (χ1n) is 5.38. The van der Waals surface area contributed by atoms with Crippen LogP contribution in [0.5, 0.6) is 0 Å². The lowest BCUT2D eigenvalue weighted by molar-refractivity contribution is -0.137. The molecular weight excluding hydrogens is 267 g/mol. The molecule has 0 radical (unpaired) electrons. The minimum Gasteiger partial charge on any atom is -0.212 e. The van der Waals surface area contributed by atoms with E-state index in [9.17, 15) is 21.6 Å². The zero-order valence-corrected chi connectivity index (χ0v) is 10.6. The van der Waals surface area contributed by atoms with Gasteiger partial charge in [-0.3, -0.25) is 0 Å². The highest BCUT2D eigenvalue weighted by Gasteiger charge is 2.30. The van der Waals surface area contributed by atoms with Gasteiger partial charge in [0.25, 0.3) is 0 Å². The number of benzene rings is 1. The molecule has 1 aromatic carbocycles. The molecule has 0 heterocycles. The minimum absolute atomic E-state index is 0.0358. The van der Waals surface area contributed by atoms with E-state index in [-0.39, 0.29) is 17.9 Å². The van der Waals surface area contributed by atoms with Crippen molar-refractivity contribution < 1.29 is 21.6 Å². The number of hydrogen-bond acceptors (Lipinski definition) is 2. The van der Waals surface area contributed by atoms with Gasteiger partial charge in [-0.05, 0) is 18.1 Å². The third-order valence-corrected chi connectivity index (χ3v) is 3.75. The lowest BCUT2D eigenvalue weighted by atomic mass is 10.1. The second-order valence-corrected chi connectivity index (χ2v) is 5.76. The van der Waals surface area contributed by atoms with Crippen LogP contribution in [0.15, 0.2) is 24.3 Å². The Balaban J connectivity index is 2.75. The number of hydrogen-bond donors (Lipinski definition) is 1. The van der Waals surface area contributed by atoms with E-state index in [0.29, 0.717) is 6.42 Å². The van der Waals surface area contributed by atoms with Gasteiger partial charge in [-0.15, -0.1) is 0 Å². The molecular formula is C11H14F3NO2S. The van der Waals surface area contributed by atoms with Crippen molar-refractivity contribution in [1.82, 2.24) is 4.72 Å². The first kappa shape index (κ1) is 15.0. The van der Waals surface area contributed by atoms with Crippen LogP contribution < -0.4 is 4.72 Å². The Hall–Kier alpha value is -1.08. The molecule has 7 heteroatoms. The smallest absolute Gasteiger partial charge is 0.212 e. The van der Waals surface area contributed by atoms with E-state index < -0.39 is 21.8 Å². The fourth-order valence-electron chi connectivity index (χ4n) is 1.39. The largest absolute Gasteiger partial charge is 0.416 e. The molecule has 0 atom stereocenters. The second-order valence-electron chi connectivity index (χ2n) is 3.84. The van der Waals surface area contributed by atoms with Crippen LogP contribution in [-0.4, -0.2) is 14.2 Å². The number of halogens is 3. The summed E-state index contributed by atoms with van der Waals surface area (Å²) in [6.45, 7) is 1.58. The average Bonchev–Trinajstić information content (AvgIpc) is 2.26. The molecule has 0 aliphatic carbocycles. The molecule has 1 N–H and O–H groups in total. The van der Waals surface area contributed by atoms with Crippen molar-refractivity contribution in [2.24, 2.45) is 0 Å². The van der Waals surface area contributed by atoms with E-state index in [1.807, 2.05) is 0 Å². The second kappa shape index (κ2) is 5.71. The van der Waals surface area contributed by atoms with E-state index in [1.54, 1.807) is 6.92 Å². The van der Waals surface area contributed by atoms with E-state index in [4.69, 9.17) is 0 Å². The number of rotatable bonds is 5. The molecule has 0 aliphatic heterocycles. The van der Waals surface area contributed by atoms with Crippen molar-refractivity contribution in [2.75, 3.05) is 5.75 Å². The Labute approximate surface area is 104 Å². The lowest BCUT2D eigenvalue weighted by Crippen LogP contribution is -2.25. The molecule has 0 fully saturated rings. The van der Waals surface area contributed by atoms with Crippen LogP contribution in [-0.2, 0) is 22.7 Å². The predicted octanol–water partition coefficient (Wildman–Crippen LogP) is 2.53. The summed E-state index contributed by atoms with van der Waals surface area (Å²) in [4.78, 5) is 0. The van der Waals surface area contributed by atoms with Crippen molar-refractivity contribution in [2.45, 2.75) is 26.1 Å². The van der Waals surface area contributed by atoms with Crippen LogP contribution in [0, 0.1) is 0 Å². The molecule has 1 rings (SSSR count). The summed E-state index contributed by atoms with van der Waals surface area (Å²) in [6, 6.07) is 4.59. The molecule has 102 valence electrons. The topological polar surface area (TPSA) is 46.2 Å². The van der Waals surface area contributed by atoms with Crippen LogP contribution in [0.1, 0.15) is 24.5 Å². The molecule has 0 amide bonds. The Bertz CT molecular complexity index is 497. The summed E-state index contributed by atoms with van der Waals surface area (Å²) >= 11 is 0. The minimum atomic E-state index is -4.42. The summed E-state index contributed by atoms with van der Waals surface area (Å²) in [5, 5.41) is 0. The predicted molar refractivity (Wildman–Crippen MR) is 62.4 cm³/mol. The number of sulfonamides is 1. The Kier molecular flexibility index (Phi) is 4.75. The molecule has 18 heavy (non-hydrogen) atoms. The van der Waals surface area contributed by atoms with Crippen molar-refractivity contribution >= 4 is 10.0 Å². The monoisotopic (exact) mass is 281 g/mol. The van der Waals surface area contributed by atoms with E-state index in [0.717, 1.165) is 12.1 Å². The van der Waals surface area contributed by atoms with Crippen LogP contribution in [0.2, 0.25) is 0 Å². The zero-order valence-electron chi connectivity index (χ0n) is 9.79. The van der Waals surface area contributed by atoms with Crippen molar-refractivity contribution in [3.8, 4) is 0 Å². The van der Waals surface area contributed by atoms with Gasteiger partial charge in [-0.1, -0.05) is 25.1 Å². The van der Waals surface area contributed by atoms with Gasteiger partial charge in [0.05, 0.1) is 11.3 Å². The maximum absolute atomic E-state index is 12.4. The first-order valence-corrected chi connectivity index (χ1v) is 7.03. The van der Waals surface area contributed by atoms with Crippen LogP contribution in [0.3, 0.4) is 0 Å². The molecule has 0 saturated carbocycles. The molecule has 3 nitrogen and oxygen atoms in total. The van der Waals surface area contributed by atoms with Gasteiger partial charge >= 0.3 is 6.18 Å². The third-order valence-electron chi connectivity index (χ3n) is 2.22. The summed E-state index contributed by atoms with van der Waals surface area (Å²) in [6.07, 6.45) is -3.96. The van der Waals surface area contributed by atoms with Crippen LogP contribution >= 0.6 is 0 Å². The summed E-state index contributed by atoms with van der Waals surface area (Å²) in [7, 11) is -3.41. The Morgan fingerprint density at radius 1 is 1.28 bits per heavy atom. The van der Waals surface area contributed by atoms with Crippen molar-refractivity contribution in [3.63, 3.8) is 0 Å². The van der Waals surface area contributed by atoms with Gasteiger partial charge in [-0.25, -0.2) is 13.1 Å². The first-order chi connectivity index (χ1) is 8.24.